The minimum Gasteiger partial charge on any atom is -0.411 e. The van der Waals surface area contributed by atoms with Crippen LogP contribution in [0, 0.1) is 5.41 Å². The average molecular weight is 334 g/mol. The van der Waals surface area contributed by atoms with Gasteiger partial charge in [-0.3, -0.25) is 0 Å². The predicted molar refractivity (Wildman–Crippen MR) is 87.7 cm³/mol. The Kier molecular flexibility index (Phi) is 4.48. The van der Waals surface area contributed by atoms with E-state index in [9.17, 15) is 5.21 Å². The van der Waals surface area contributed by atoms with Crippen LogP contribution in [0.25, 0.3) is 0 Å². The summed E-state index contributed by atoms with van der Waals surface area (Å²) < 4.78 is -0.276. The first-order valence-electron chi connectivity index (χ1n) is 6.91. The van der Waals surface area contributed by atoms with Gasteiger partial charge in [0, 0.05) is 5.56 Å². The zero-order chi connectivity index (χ0) is 14.6. The lowest BCUT2D eigenvalue weighted by atomic mass is 9.65. The molecule has 1 aliphatic rings. The van der Waals surface area contributed by atoms with Gasteiger partial charge in [0.25, 0.3) is 0 Å². The van der Waals surface area contributed by atoms with Gasteiger partial charge < -0.3 is 5.21 Å². The van der Waals surface area contributed by atoms with E-state index in [2.05, 4.69) is 47.1 Å². The van der Waals surface area contributed by atoms with E-state index in [-0.39, 0.29) is 9.74 Å². The second-order valence-corrected chi connectivity index (χ2v) is 6.98. The highest BCUT2D eigenvalue weighted by Gasteiger charge is 2.48. The van der Waals surface area contributed by atoms with Crippen LogP contribution >= 0.6 is 15.9 Å². The molecule has 2 unspecified atom stereocenters. The summed E-state index contributed by atoms with van der Waals surface area (Å²) in [7, 11) is 0. The molecule has 3 heteroatoms. The smallest absolute Gasteiger partial charge is 0.0984 e. The van der Waals surface area contributed by atoms with Gasteiger partial charge >= 0.3 is 0 Å². The lowest BCUT2D eigenvalue weighted by Crippen LogP contribution is -2.46. The molecule has 0 aliphatic heterocycles. The Morgan fingerprint density at radius 2 is 1.85 bits per heavy atom. The van der Waals surface area contributed by atoms with Crippen LogP contribution in [-0.4, -0.2) is 15.2 Å². The molecule has 1 aromatic carbocycles. The van der Waals surface area contributed by atoms with Crippen LogP contribution in [0.1, 0.15) is 32.3 Å². The van der Waals surface area contributed by atoms with Crippen molar-refractivity contribution in [2.75, 3.05) is 0 Å². The molecule has 0 fully saturated rings. The van der Waals surface area contributed by atoms with E-state index in [4.69, 9.17) is 0 Å². The topological polar surface area (TPSA) is 32.6 Å². The Balaban J connectivity index is 2.58. The van der Waals surface area contributed by atoms with Gasteiger partial charge in [-0.2, -0.15) is 0 Å². The summed E-state index contributed by atoms with van der Waals surface area (Å²) in [6.07, 6.45) is 10.2. The molecule has 106 valence electrons. The Morgan fingerprint density at radius 1 is 1.20 bits per heavy atom. The maximum Gasteiger partial charge on any atom is 0.0984 e. The molecule has 2 rings (SSSR count). The largest absolute Gasteiger partial charge is 0.411 e. The highest BCUT2D eigenvalue weighted by molar-refractivity contribution is 9.10. The van der Waals surface area contributed by atoms with Crippen LogP contribution in [0.3, 0.4) is 0 Å². The van der Waals surface area contributed by atoms with E-state index in [1.54, 1.807) is 0 Å². The fraction of sp³-hybridized carbons (Fsp3) is 0.353. The molecule has 1 aliphatic carbocycles. The molecule has 0 aromatic heterocycles. The molecule has 1 aromatic rings. The quantitative estimate of drug-likeness (QED) is 0.360. The number of allylic oxidation sites excluding steroid dienone is 4. The van der Waals surface area contributed by atoms with Gasteiger partial charge in [0.1, 0.15) is 0 Å². The van der Waals surface area contributed by atoms with E-state index >= 15 is 0 Å². The number of hydrogen-bond donors (Lipinski definition) is 1. The molecule has 0 bridgehead atoms. The standard InChI is InChI=1S/C17H20BrNO/c1-3-11-17(13-8-7-12-16(17,2)18)15(19-20)14-9-5-4-6-10-14/h4-10,12-13,20H,3,11H2,1-2H3. The zero-order valence-electron chi connectivity index (χ0n) is 11.9. The SMILES string of the molecule is CCCC1(C(=NO)c2ccccc2)C=CC=CC1(C)Br. The monoisotopic (exact) mass is 333 g/mol. The molecule has 0 amide bonds. The zero-order valence-corrected chi connectivity index (χ0v) is 13.5. The van der Waals surface area contributed by atoms with Gasteiger partial charge in [-0.25, -0.2) is 0 Å². The molecule has 0 heterocycles. The first-order valence-corrected chi connectivity index (χ1v) is 7.70. The molecule has 2 atom stereocenters. The van der Waals surface area contributed by atoms with Crippen molar-refractivity contribution in [2.24, 2.45) is 10.6 Å². The van der Waals surface area contributed by atoms with Crippen LogP contribution in [-0.2, 0) is 0 Å². The summed E-state index contributed by atoms with van der Waals surface area (Å²) in [6, 6.07) is 9.88. The summed E-state index contributed by atoms with van der Waals surface area (Å²) in [5, 5.41) is 13.3. The lowest BCUT2D eigenvalue weighted by molar-refractivity contribution is 0.303. The third-order valence-electron chi connectivity index (χ3n) is 3.99. The van der Waals surface area contributed by atoms with Crippen molar-refractivity contribution in [1.82, 2.24) is 0 Å². The average Bonchev–Trinajstić information content (AvgIpc) is 2.44. The first kappa shape index (κ1) is 15.0. The van der Waals surface area contributed by atoms with E-state index in [1.807, 2.05) is 42.5 Å². The third-order valence-corrected chi connectivity index (χ3v) is 4.96. The van der Waals surface area contributed by atoms with Crippen molar-refractivity contribution < 1.29 is 5.21 Å². The van der Waals surface area contributed by atoms with Gasteiger partial charge in [-0.1, -0.05) is 89.1 Å². The van der Waals surface area contributed by atoms with E-state index in [1.165, 1.54) is 0 Å². The number of rotatable bonds is 4. The number of nitrogens with zero attached hydrogens (tertiary/aromatic N) is 1. The molecule has 2 nitrogen and oxygen atoms in total. The van der Waals surface area contributed by atoms with E-state index < -0.39 is 0 Å². The molecule has 0 radical (unpaired) electrons. The third kappa shape index (κ3) is 2.47. The van der Waals surface area contributed by atoms with Crippen molar-refractivity contribution >= 4 is 21.6 Å². The number of alkyl halides is 1. The molecule has 20 heavy (non-hydrogen) atoms. The molecule has 1 N–H and O–H groups in total. The molecular weight excluding hydrogens is 314 g/mol. The fourth-order valence-electron chi connectivity index (χ4n) is 2.92. The van der Waals surface area contributed by atoms with Gasteiger partial charge in [0.2, 0.25) is 0 Å². The van der Waals surface area contributed by atoms with Gasteiger partial charge in [0.05, 0.1) is 15.5 Å². The van der Waals surface area contributed by atoms with Gasteiger partial charge in [0.15, 0.2) is 0 Å². The molecule has 0 saturated heterocycles. The van der Waals surface area contributed by atoms with Crippen LogP contribution in [0.4, 0.5) is 0 Å². The number of halogens is 1. The van der Waals surface area contributed by atoms with Crippen LogP contribution in [0.15, 0.2) is 59.8 Å². The first-order chi connectivity index (χ1) is 9.57. The summed E-state index contributed by atoms with van der Waals surface area (Å²) >= 11 is 3.83. The Labute approximate surface area is 129 Å². The minimum absolute atomic E-state index is 0.276. The predicted octanol–water partition coefficient (Wildman–Crippen LogP) is 4.93. The normalized spacial score (nSPS) is 29.6. The van der Waals surface area contributed by atoms with E-state index in [0.29, 0.717) is 5.71 Å². The number of oxime groups is 1. The molecule has 0 spiro atoms. The van der Waals surface area contributed by atoms with Gasteiger partial charge in [-0.15, -0.1) is 0 Å². The van der Waals surface area contributed by atoms with Crippen molar-refractivity contribution in [3.05, 3.63) is 60.2 Å². The molecule has 0 saturated carbocycles. The minimum atomic E-state index is -0.355. The Bertz CT molecular complexity index is 545. The number of hydrogen-bond acceptors (Lipinski definition) is 2. The van der Waals surface area contributed by atoms with E-state index in [0.717, 1.165) is 18.4 Å². The summed E-state index contributed by atoms with van der Waals surface area (Å²) in [4.78, 5) is 0. The lowest BCUT2D eigenvalue weighted by Gasteiger charge is -2.43. The Hall–Kier alpha value is -1.35. The Morgan fingerprint density at radius 3 is 2.40 bits per heavy atom. The number of benzene rings is 1. The van der Waals surface area contributed by atoms with Crippen LogP contribution in [0.2, 0.25) is 0 Å². The highest BCUT2D eigenvalue weighted by atomic mass is 79.9. The second kappa shape index (κ2) is 5.96. The highest BCUT2D eigenvalue weighted by Crippen LogP contribution is 2.49. The summed E-state index contributed by atoms with van der Waals surface area (Å²) in [5.74, 6) is 0. The van der Waals surface area contributed by atoms with Crippen molar-refractivity contribution in [2.45, 2.75) is 31.0 Å². The van der Waals surface area contributed by atoms with Gasteiger partial charge in [-0.05, 0) is 13.3 Å². The second-order valence-electron chi connectivity index (χ2n) is 5.33. The molecular formula is C17H20BrNO. The summed E-state index contributed by atoms with van der Waals surface area (Å²) in [5.41, 5.74) is 1.31. The maximum atomic E-state index is 9.66. The maximum absolute atomic E-state index is 9.66. The van der Waals surface area contributed by atoms with Crippen molar-refractivity contribution in [1.29, 1.82) is 0 Å². The van der Waals surface area contributed by atoms with Crippen LogP contribution in [0.5, 0.6) is 0 Å². The van der Waals surface area contributed by atoms with Crippen molar-refractivity contribution in [3.63, 3.8) is 0 Å². The summed E-state index contributed by atoms with van der Waals surface area (Å²) in [6.45, 7) is 4.27. The van der Waals surface area contributed by atoms with Crippen molar-refractivity contribution in [3.8, 4) is 0 Å². The van der Waals surface area contributed by atoms with Crippen LogP contribution < -0.4 is 0 Å². The fourth-order valence-corrected chi connectivity index (χ4v) is 3.59.